The zero-order valence-corrected chi connectivity index (χ0v) is 34.5. The van der Waals surface area contributed by atoms with Gasteiger partial charge in [-0.3, -0.25) is 24.2 Å². The number of aliphatic hydroxyl groups excluding tert-OH is 1. The summed E-state index contributed by atoms with van der Waals surface area (Å²) >= 11 is 1.62. The molecule has 3 amide bonds. The zero-order valence-electron chi connectivity index (χ0n) is 33.7. The van der Waals surface area contributed by atoms with Gasteiger partial charge in [0.2, 0.25) is 17.7 Å². The van der Waals surface area contributed by atoms with Crippen LogP contribution in [0.25, 0.3) is 0 Å². The number of carbonyl (C=O) groups excluding carboxylic acids is 5. The molecule has 0 spiro atoms. The van der Waals surface area contributed by atoms with Crippen molar-refractivity contribution in [3.05, 3.63) is 35.4 Å². The zero-order chi connectivity index (χ0) is 39.7. The van der Waals surface area contributed by atoms with E-state index in [1.54, 1.807) is 23.6 Å². The van der Waals surface area contributed by atoms with Crippen LogP contribution in [0, 0.1) is 30.1 Å². The molecule has 0 aromatic heterocycles. The Bertz CT molecular complexity index is 1510. The first-order valence-electron chi connectivity index (χ1n) is 20.0. The van der Waals surface area contributed by atoms with Crippen LogP contribution in [0.15, 0.2) is 29.3 Å². The van der Waals surface area contributed by atoms with Crippen molar-refractivity contribution < 1.29 is 33.8 Å². The second-order valence-electron chi connectivity index (χ2n) is 17.2. The first kappa shape index (κ1) is 43.5. The van der Waals surface area contributed by atoms with Gasteiger partial charge in [0.1, 0.15) is 30.0 Å². The largest absolute Gasteiger partial charge is 0.460 e. The van der Waals surface area contributed by atoms with Crippen LogP contribution in [0.4, 0.5) is 0 Å². The second kappa shape index (κ2) is 19.6. The standard InChI is InChI=1S/C42H64N4O7S/c1-9-27(4)37-40(51)46-18-10-11-34(46)41(52)53-35(42(6,7)8)20-26(3)19-33(48)23-36-44-31(24-54-36)16-17-32(47)22-30(21-29-14-12-25(2)13-15-29)39(50)43-28(5)38(49)45-37/h12-15,26-28,30-31,33-35,37,48H,9-11,16-24H2,1-8H3,(H,43,50)(H,45,49)/t26-,27-,28-,30+,31-,33-,34-,35-,37-/m0/s1. The van der Waals surface area contributed by atoms with Gasteiger partial charge in [-0.05, 0) is 75.2 Å². The number of Topliss-reactive ketones (excluding diaryl/α,β-unsaturated/α-hetero) is 1. The molecule has 3 aliphatic heterocycles. The molecular weight excluding hydrogens is 705 g/mol. The molecule has 11 nitrogen and oxygen atoms in total. The lowest BCUT2D eigenvalue weighted by Crippen LogP contribution is -2.57. The number of thioether (sulfide) groups is 1. The summed E-state index contributed by atoms with van der Waals surface area (Å²) in [6.45, 7) is 15.9. The summed E-state index contributed by atoms with van der Waals surface area (Å²) in [5, 5.41) is 17.7. The Kier molecular flexibility index (Phi) is 15.7. The van der Waals surface area contributed by atoms with Gasteiger partial charge in [0.05, 0.1) is 17.2 Å². The molecule has 300 valence electrons. The highest BCUT2D eigenvalue weighted by atomic mass is 32.2. The normalized spacial score (nSPS) is 31.0. The molecule has 3 aliphatic rings. The Labute approximate surface area is 326 Å². The van der Waals surface area contributed by atoms with E-state index >= 15 is 0 Å². The molecule has 3 N–H and O–H groups in total. The van der Waals surface area contributed by atoms with Gasteiger partial charge in [-0.2, -0.15) is 0 Å². The molecule has 2 bridgehead atoms. The number of rotatable bonds is 4. The molecule has 1 aromatic rings. The summed E-state index contributed by atoms with van der Waals surface area (Å²) in [4.78, 5) is 75.3. The van der Waals surface area contributed by atoms with Crippen molar-refractivity contribution in [1.82, 2.24) is 15.5 Å². The number of cyclic esters (lactones) is 1. The molecule has 54 heavy (non-hydrogen) atoms. The SMILES string of the molecule is CC[C@H](C)[C@@H]1NC(=O)[C@H](C)NC(=O)[C@H](Cc2ccc(C)cc2)CC(=O)CC[C@H]2CSC(=N2)C[C@@H](O)C[C@H](C)C[C@@H](C(C)(C)C)OC(=O)[C@@H]2CCCN2C1=O. The Balaban J connectivity index is 1.61. The number of benzene rings is 1. The number of ketones is 1. The highest BCUT2D eigenvalue weighted by Crippen LogP contribution is 2.33. The fraction of sp³-hybridized carbons (Fsp3) is 0.714. The lowest BCUT2D eigenvalue weighted by molar-refractivity contribution is -0.164. The van der Waals surface area contributed by atoms with E-state index < -0.39 is 54.0 Å². The number of fused-ring (bicyclic) bond motifs is 2. The number of hydrogen-bond donors (Lipinski definition) is 3. The number of aliphatic hydroxyl groups is 1. The summed E-state index contributed by atoms with van der Waals surface area (Å²) in [6, 6.07) is 5.14. The van der Waals surface area contributed by atoms with Crippen LogP contribution < -0.4 is 10.6 Å². The van der Waals surface area contributed by atoms with Gasteiger partial charge < -0.3 is 25.4 Å². The predicted octanol–water partition coefficient (Wildman–Crippen LogP) is 5.57. The van der Waals surface area contributed by atoms with Gasteiger partial charge in [0.15, 0.2) is 0 Å². The van der Waals surface area contributed by atoms with E-state index in [1.165, 1.54) is 0 Å². The van der Waals surface area contributed by atoms with Crippen molar-refractivity contribution in [3.63, 3.8) is 0 Å². The molecule has 12 heteroatoms. The van der Waals surface area contributed by atoms with Gasteiger partial charge >= 0.3 is 5.97 Å². The van der Waals surface area contributed by atoms with E-state index in [2.05, 4.69) is 17.6 Å². The lowest BCUT2D eigenvalue weighted by atomic mass is 9.82. The van der Waals surface area contributed by atoms with Crippen molar-refractivity contribution in [3.8, 4) is 0 Å². The number of ether oxygens (including phenoxy) is 1. The minimum absolute atomic E-state index is 0.0249. The van der Waals surface area contributed by atoms with Crippen molar-refractivity contribution in [2.24, 2.45) is 28.2 Å². The third kappa shape index (κ3) is 12.4. The number of hydrogen-bond acceptors (Lipinski definition) is 9. The van der Waals surface area contributed by atoms with Crippen molar-refractivity contribution in [2.45, 2.75) is 156 Å². The van der Waals surface area contributed by atoms with Crippen molar-refractivity contribution >= 4 is 46.3 Å². The number of aliphatic imine (C=N–C) groups is 1. The van der Waals surface area contributed by atoms with Crippen LogP contribution in [0.2, 0.25) is 0 Å². The van der Waals surface area contributed by atoms with Gasteiger partial charge in [-0.15, -0.1) is 11.8 Å². The highest BCUT2D eigenvalue weighted by molar-refractivity contribution is 8.14. The van der Waals surface area contributed by atoms with E-state index in [4.69, 9.17) is 9.73 Å². The minimum atomic E-state index is -0.977. The van der Waals surface area contributed by atoms with Crippen LogP contribution >= 0.6 is 11.8 Å². The molecule has 3 heterocycles. The molecule has 1 aromatic carbocycles. The summed E-state index contributed by atoms with van der Waals surface area (Å²) in [5.41, 5.74) is 1.62. The molecule has 4 rings (SSSR count). The fourth-order valence-electron chi connectivity index (χ4n) is 7.52. The van der Waals surface area contributed by atoms with Crippen LogP contribution in [-0.4, -0.2) is 93.2 Å². The van der Waals surface area contributed by atoms with E-state index in [0.717, 1.165) is 21.9 Å². The van der Waals surface area contributed by atoms with Crippen LogP contribution in [0.3, 0.4) is 0 Å². The van der Waals surface area contributed by atoms with Gasteiger partial charge in [0.25, 0.3) is 0 Å². The maximum atomic E-state index is 14.2. The summed E-state index contributed by atoms with van der Waals surface area (Å²) in [7, 11) is 0. The van der Waals surface area contributed by atoms with E-state index in [1.807, 2.05) is 65.8 Å². The van der Waals surface area contributed by atoms with Crippen molar-refractivity contribution in [2.75, 3.05) is 12.3 Å². The smallest absolute Gasteiger partial charge is 0.329 e. The van der Waals surface area contributed by atoms with Crippen LogP contribution in [0.5, 0.6) is 0 Å². The third-order valence-electron chi connectivity index (χ3n) is 11.2. The fourth-order valence-corrected chi connectivity index (χ4v) is 8.68. The second-order valence-corrected chi connectivity index (χ2v) is 18.3. The molecule has 1 saturated heterocycles. The first-order valence-corrected chi connectivity index (χ1v) is 21.0. The molecule has 0 aliphatic carbocycles. The lowest BCUT2D eigenvalue weighted by Gasteiger charge is -2.35. The van der Waals surface area contributed by atoms with Crippen LogP contribution in [0.1, 0.15) is 117 Å². The maximum Gasteiger partial charge on any atom is 0.329 e. The van der Waals surface area contributed by atoms with Crippen molar-refractivity contribution in [1.29, 1.82) is 0 Å². The Hall–Kier alpha value is -3.25. The Morgan fingerprint density at radius 1 is 1.00 bits per heavy atom. The third-order valence-corrected chi connectivity index (χ3v) is 12.4. The number of nitrogens with one attached hydrogen (secondary N) is 2. The highest BCUT2D eigenvalue weighted by Gasteiger charge is 2.42. The minimum Gasteiger partial charge on any atom is -0.460 e. The summed E-state index contributed by atoms with van der Waals surface area (Å²) in [6.07, 6.45) is 3.33. The van der Waals surface area contributed by atoms with Gasteiger partial charge in [0, 0.05) is 37.5 Å². The van der Waals surface area contributed by atoms with E-state index in [0.29, 0.717) is 57.9 Å². The Morgan fingerprint density at radius 3 is 2.37 bits per heavy atom. The number of nitrogens with zero attached hydrogens (tertiary/aromatic N) is 2. The quantitative estimate of drug-likeness (QED) is 0.336. The molecule has 1 fully saturated rings. The average molecular weight is 769 g/mol. The number of amides is 3. The molecule has 0 radical (unpaired) electrons. The summed E-state index contributed by atoms with van der Waals surface area (Å²) < 4.78 is 6.22. The number of carbonyl (C=O) groups is 5. The van der Waals surface area contributed by atoms with E-state index in [-0.39, 0.29) is 47.8 Å². The molecule has 9 atom stereocenters. The van der Waals surface area contributed by atoms with Crippen LogP contribution in [-0.2, 0) is 35.1 Å². The monoisotopic (exact) mass is 768 g/mol. The van der Waals surface area contributed by atoms with Gasteiger partial charge in [-0.1, -0.05) is 77.8 Å². The topological polar surface area (TPSA) is 154 Å². The molecular formula is C42H64N4O7S. The molecule has 0 unspecified atom stereocenters. The number of esters is 1. The predicted molar refractivity (Wildman–Crippen MR) is 213 cm³/mol. The summed E-state index contributed by atoms with van der Waals surface area (Å²) in [5.74, 6) is -1.91. The first-order chi connectivity index (χ1) is 25.4. The maximum absolute atomic E-state index is 14.2. The molecule has 0 saturated carbocycles. The van der Waals surface area contributed by atoms with Gasteiger partial charge in [-0.25, -0.2) is 4.79 Å². The number of aryl methyl sites for hydroxylation is 1. The Morgan fingerprint density at radius 2 is 1.70 bits per heavy atom. The van der Waals surface area contributed by atoms with E-state index in [9.17, 15) is 29.1 Å². The average Bonchev–Trinajstić information content (AvgIpc) is 3.78.